The molecule has 9 heteroatoms. The van der Waals surface area contributed by atoms with Gasteiger partial charge >= 0.3 is 0 Å². The van der Waals surface area contributed by atoms with Crippen LogP contribution in [0.3, 0.4) is 0 Å². The smallest absolute Gasteiger partial charge is 0.261 e. The zero-order valence-electron chi connectivity index (χ0n) is 14.1. The van der Waals surface area contributed by atoms with Gasteiger partial charge in [0, 0.05) is 19.0 Å². The highest BCUT2D eigenvalue weighted by Gasteiger charge is 2.72. The van der Waals surface area contributed by atoms with E-state index in [1.807, 2.05) is 12.1 Å². The molecule has 134 valence electrons. The van der Waals surface area contributed by atoms with Gasteiger partial charge < -0.3 is 19.3 Å². The zero-order chi connectivity index (χ0) is 18.3. The van der Waals surface area contributed by atoms with Crippen molar-refractivity contribution in [2.24, 2.45) is 5.92 Å². The summed E-state index contributed by atoms with van der Waals surface area (Å²) < 4.78 is 11.1. The van der Waals surface area contributed by atoms with Crippen LogP contribution in [0.2, 0.25) is 0 Å². The first-order valence-corrected chi connectivity index (χ1v) is 10.4. The fraction of sp³-hybridized carbons (Fsp3) is 0.471. The van der Waals surface area contributed by atoms with Gasteiger partial charge in [-0.1, -0.05) is 33.7 Å². The maximum Gasteiger partial charge on any atom is 0.261 e. The average Bonchev–Trinajstić information content (AvgIpc) is 3.25. The molecule has 1 spiro atoms. The van der Waals surface area contributed by atoms with E-state index in [0.717, 1.165) is 5.56 Å². The molecule has 6 rings (SSSR count). The summed E-state index contributed by atoms with van der Waals surface area (Å²) in [6, 6.07) is 7.27. The largest absolute Gasteiger partial charge is 0.454 e. The summed E-state index contributed by atoms with van der Waals surface area (Å²) in [5.41, 5.74) is 0.731. The highest BCUT2D eigenvalue weighted by Crippen LogP contribution is 2.67. The lowest BCUT2D eigenvalue weighted by Gasteiger charge is -2.57. The predicted molar refractivity (Wildman–Crippen MR) is 95.0 cm³/mol. The number of fused-ring (bicyclic) bond motifs is 3. The topological polar surface area (TPSA) is 82.9 Å². The number of hydrogen-bond donors (Lipinski definition) is 0. The number of nitriles is 1. The summed E-state index contributed by atoms with van der Waals surface area (Å²) in [5, 5.41) is 9.82. The molecule has 0 aromatic heterocycles. The highest BCUT2D eigenvalue weighted by atomic mass is 33.1. The number of piperazine rings is 1. The first-order chi connectivity index (χ1) is 12.4. The first-order valence-electron chi connectivity index (χ1n) is 8.21. The Morgan fingerprint density at radius 2 is 2.08 bits per heavy atom. The molecule has 4 fully saturated rings. The quantitative estimate of drug-likeness (QED) is 0.680. The number of likely N-dealkylation sites (N-methyl/N-ethyl adjacent to an activating group) is 1. The van der Waals surface area contributed by atoms with Crippen LogP contribution in [-0.2, 0) is 9.59 Å². The molecule has 1 aromatic carbocycles. The molecular weight excluding hydrogens is 374 g/mol. The van der Waals surface area contributed by atoms with Crippen LogP contribution >= 0.6 is 21.6 Å². The van der Waals surface area contributed by atoms with Gasteiger partial charge in [0.2, 0.25) is 6.79 Å². The highest BCUT2D eigenvalue weighted by molar-refractivity contribution is 8.78. The third kappa shape index (κ3) is 1.67. The molecule has 0 radical (unpaired) electrons. The number of ether oxygens (including phenoxy) is 2. The number of hydrogen-bond acceptors (Lipinski definition) is 7. The monoisotopic (exact) mass is 389 g/mol. The number of rotatable bonds is 1. The predicted octanol–water partition coefficient (Wildman–Crippen LogP) is 2.11. The number of carbonyl (C=O) groups is 2. The second-order valence-electron chi connectivity index (χ2n) is 6.94. The van der Waals surface area contributed by atoms with Gasteiger partial charge in [0.25, 0.3) is 11.8 Å². The standard InChI is InChI=1S/C17H15N3O4S2/c1-16-14(21)20-12(10-4-3-5-11-13(10)24-8-23-11)9(7-18)6-17(20,26-25-16)15(22)19(16)2/h3-5,9,12H,6,8H2,1-2H3. The van der Waals surface area contributed by atoms with Crippen LogP contribution in [0.15, 0.2) is 18.2 Å². The molecule has 26 heavy (non-hydrogen) atoms. The second kappa shape index (κ2) is 5.02. The Labute approximate surface area is 158 Å². The maximum absolute atomic E-state index is 13.4. The van der Waals surface area contributed by atoms with Gasteiger partial charge in [-0.2, -0.15) is 5.26 Å². The molecule has 1 aromatic rings. The molecule has 5 heterocycles. The molecule has 4 atom stereocenters. The summed E-state index contributed by atoms with van der Waals surface area (Å²) in [6.45, 7) is 1.87. The van der Waals surface area contributed by atoms with E-state index in [-0.39, 0.29) is 18.6 Å². The van der Waals surface area contributed by atoms with Crippen molar-refractivity contribution in [3.8, 4) is 17.6 Å². The van der Waals surface area contributed by atoms with Crippen LogP contribution in [0, 0.1) is 17.2 Å². The summed E-state index contributed by atoms with van der Waals surface area (Å²) in [7, 11) is 4.47. The zero-order valence-corrected chi connectivity index (χ0v) is 15.7. The van der Waals surface area contributed by atoms with E-state index in [9.17, 15) is 14.9 Å². The SMILES string of the molecule is CN1C(=O)C23CC(C#N)C(c4cccc5c4OCO5)N2C(=O)C1(C)SS3. The second-order valence-corrected chi connectivity index (χ2v) is 9.74. The Kier molecular flexibility index (Phi) is 3.12. The number of carbonyl (C=O) groups excluding carboxylic acids is 2. The van der Waals surface area contributed by atoms with Crippen LogP contribution in [0.1, 0.15) is 24.9 Å². The fourth-order valence-corrected chi connectivity index (χ4v) is 7.73. The van der Waals surface area contributed by atoms with Crippen molar-refractivity contribution in [3.63, 3.8) is 0 Å². The molecule has 0 N–H and O–H groups in total. The van der Waals surface area contributed by atoms with E-state index in [1.165, 1.54) is 26.5 Å². The molecule has 5 aliphatic rings. The first kappa shape index (κ1) is 16.1. The minimum atomic E-state index is -1.04. The van der Waals surface area contributed by atoms with E-state index in [2.05, 4.69) is 6.07 Å². The van der Waals surface area contributed by atoms with Gasteiger partial charge in [0.15, 0.2) is 21.2 Å². The van der Waals surface area contributed by atoms with E-state index in [1.54, 1.807) is 24.9 Å². The van der Waals surface area contributed by atoms with E-state index < -0.39 is 21.7 Å². The van der Waals surface area contributed by atoms with E-state index in [0.29, 0.717) is 17.9 Å². The fourth-order valence-electron chi connectivity index (χ4n) is 4.23. The minimum Gasteiger partial charge on any atom is -0.454 e. The number of para-hydroxylation sites is 1. The van der Waals surface area contributed by atoms with Crippen molar-refractivity contribution in [2.45, 2.75) is 29.1 Å². The van der Waals surface area contributed by atoms with Gasteiger partial charge in [0.1, 0.15) is 0 Å². The Morgan fingerprint density at radius 1 is 1.27 bits per heavy atom. The lowest BCUT2D eigenvalue weighted by atomic mass is 9.93. The number of benzene rings is 1. The van der Waals surface area contributed by atoms with Gasteiger partial charge in [-0.05, 0) is 13.0 Å². The van der Waals surface area contributed by atoms with Crippen molar-refractivity contribution >= 4 is 33.4 Å². The molecule has 4 saturated heterocycles. The van der Waals surface area contributed by atoms with Crippen LogP contribution in [-0.4, -0.2) is 45.2 Å². The molecule has 0 saturated carbocycles. The third-order valence-corrected chi connectivity index (χ3v) is 9.41. The van der Waals surface area contributed by atoms with E-state index in [4.69, 9.17) is 9.47 Å². The average molecular weight is 389 g/mol. The summed E-state index contributed by atoms with van der Waals surface area (Å²) in [5.74, 6) is 0.415. The molecule has 2 amide bonds. The molecule has 4 unspecified atom stereocenters. The molecule has 5 aliphatic heterocycles. The van der Waals surface area contributed by atoms with Gasteiger partial charge in [0.05, 0.1) is 18.0 Å². The van der Waals surface area contributed by atoms with Crippen LogP contribution < -0.4 is 9.47 Å². The van der Waals surface area contributed by atoms with Crippen molar-refractivity contribution in [3.05, 3.63) is 23.8 Å². The normalized spacial score (nSPS) is 37.1. The van der Waals surface area contributed by atoms with E-state index >= 15 is 0 Å². The molecule has 2 bridgehead atoms. The van der Waals surface area contributed by atoms with Crippen molar-refractivity contribution < 1.29 is 19.1 Å². The third-order valence-electron chi connectivity index (χ3n) is 5.69. The van der Waals surface area contributed by atoms with Crippen LogP contribution in [0.5, 0.6) is 11.5 Å². The Morgan fingerprint density at radius 3 is 2.85 bits per heavy atom. The van der Waals surface area contributed by atoms with Crippen molar-refractivity contribution in [1.29, 1.82) is 5.26 Å². The summed E-state index contributed by atoms with van der Waals surface area (Å²) in [4.78, 5) is 27.7. The number of nitrogens with zero attached hydrogens (tertiary/aromatic N) is 3. The summed E-state index contributed by atoms with van der Waals surface area (Å²) >= 11 is 0. The Balaban J connectivity index is 1.71. The Hall–Kier alpha value is -2.05. The van der Waals surface area contributed by atoms with Crippen LogP contribution in [0.4, 0.5) is 0 Å². The Bertz CT molecular complexity index is 902. The molecular formula is C17H15N3O4S2. The minimum absolute atomic E-state index is 0.110. The lowest BCUT2D eigenvalue weighted by molar-refractivity contribution is -0.164. The van der Waals surface area contributed by atoms with Gasteiger partial charge in [-0.25, -0.2) is 0 Å². The number of amides is 2. The van der Waals surface area contributed by atoms with Gasteiger partial charge in [-0.3, -0.25) is 9.59 Å². The maximum atomic E-state index is 13.4. The van der Waals surface area contributed by atoms with Crippen molar-refractivity contribution in [2.75, 3.05) is 13.8 Å². The van der Waals surface area contributed by atoms with Crippen molar-refractivity contribution in [1.82, 2.24) is 9.80 Å². The van der Waals surface area contributed by atoms with Crippen LogP contribution in [0.25, 0.3) is 0 Å². The molecule has 7 nitrogen and oxygen atoms in total. The molecule has 0 aliphatic carbocycles. The van der Waals surface area contributed by atoms with Gasteiger partial charge in [-0.15, -0.1) is 0 Å². The lowest BCUT2D eigenvalue weighted by Crippen LogP contribution is -2.73. The summed E-state index contributed by atoms with van der Waals surface area (Å²) in [6.07, 6.45) is 0.307.